The highest BCUT2D eigenvalue weighted by molar-refractivity contribution is 7.93. The maximum atomic E-state index is 15.3. The molecule has 6 N–H and O–H groups in total. The van der Waals surface area contributed by atoms with Crippen LogP contribution in [0.1, 0.15) is 128 Å². The van der Waals surface area contributed by atoms with Gasteiger partial charge >= 0.3 is 0 Å². The molecule has 462 valence electrons. The van der Waals surface area contributed by atoms with E-state index in [-0.39, 0.29) is 37.5 Å². The van der Waals surface area contributed by atoms with Gasteiger partial charge in [-0.05, 0) is 149 Å². The van der Waals surface area contributed by atoms with E-state index in [4.69, 9.17) is 0 Å². The minimum absolute atomic E-state index is 0.0337. The average Bonchev–Trinajstić information content (AvgIpc) is 1.63. The summed E-state index contributed by atoms with van der Waals surface area (Å²) in [5.41, 5.74) is 3.03. The van der Waals surface area contributed by atoms with E-state index in [1.165, 1.54) is 0 Å². The normalized spacial score (nSPS) is 17.7. The summed E-state index contributed by atoms with van der Waals surface area (Å²) in [4.78, 5) is 60.6. The third kappa shape index (κ3) is 17.0. The number of amides is 4. The molecular weight excluding hydrogens is 1120 g/mol. The third-order valence-corrected chi connectivity index (χ3v) is 23.4. The van der Waals surface area contributed by atoms with Gasteiger partial charge in [-0.3, -0.25) is 19.2 Å². The summed E-state index contributed by atoms with van der Waals surface area (Å²) in [5, 5.41) is 41.5. The van der Waals surface area contributed by atoms with Gasteiger partial charge in [0.25, 0.3) is 0 Å². The van der Waals surface area contributed by atoms with Crippen molar-refractivity contribution < 1.29 is 46.2 Å². The van der Waals surface area contributed by atoms with E-state index < -0.39 is 113 Å². The molecule has 16 heteroatoms. The van der Waals surface area contributed by atoms with E-state index >= 15 is 9.59 Å². The van der Waals surface area contributed by atoms with Gasteiger partial charge in [-0.2, -0.15) is 0 Å². The Bertz CT molecular complexity index is 3240. The Kier molecular flexibility index (Phi) is 22.1. The lowest BCUT2D eigenvalue weighted by atomic mass is 9.82. The maximum absolute atomic E-state index is 15.3. The van der Waals surface area contributed by atoms with Crippen molar-refractivity contribution in [3.63, 3.8) is 0 Å². The number of sulfone groups is 2. The van der Waals surface area contributed by atoms with Crippen molar-refractivity contribution in [2.75, 3.05) is 11.5 Å². The number of fused-ring (bicyclic) bond motifs is 2. The Morgan fingerprint density at radius 3 is 1.09 bits per heavy atom. The molecular formula is C70H90N4O10S2. The van der Waals surface area contributed by atoms with Crippen LogP contribution in [0, 0.1) is 23.7 Å². The molecule has 8 rings (SSSR count). The quantitative estimate of drug-likeness (QED) is 0.0318. The molecule has 0 saturated heterocycles. The highest BCUT2D eigenvalue weighted by Gasteiger charge is 2.43. The van der Waals surface area contributed by atoms with Crippen LogP contribution in [0.2, 0.25) is 0 Å². The number of carbonyl (C=O) groups excluding carboxylic acids is 4. The number of carbonyl (C=O) groups is 4. The Balaban J connectivity index is 1.10. The van der Waals surface area contributed by atoms with Crippen molar-refractivity contribution in [1.82, 2.24) is 21.3 Å². The predicted octanol–water partition coefficient (Wildman–Crippen LogP) is 9.74. The number of benzene rings is 6. The molecule has 2 aliphatic rings. The number of nitrogens with one attached hydrogen (secondary N) is 4. The molecule has 0 radical (unpaired) electrons. The van der Waals surface area contributed by atoms with E-state index in [2.05, 4.69) is 21.3 Å². The zero-order valence-electron chi connectivity index (χ0n) is 50.9. The standard InChI is InChI=1S/C70H90N4O10S2/c1-69(2,3)85(81,82)45-55(43-53-37-23-35-49-29-19-21-39-57(49)53)65(77)73-61(51-31-15-9-16-32-51)67(79)71-59(41-47-25-11-7-12-26-47)63(75)64(76)60(42-48-27-13-8-14-28-48)72-68(80)62(52-33-17-10-18-34-52)74-66(78)56(46-86(83,84)70(4,5)6)44-54-38-24-36-50-30-20-22-40-58(50)54/h7-8,11-14,19-30,35-40,51-52,55-56,59-64,75-76H,9-10,15-18,31-34,41-46H2,1-6H3,(H,71,79)(H,72,80)(H,73,77)(H,74,78)/t55-,56-,59+,60+,61+,62+,63-,64-/m1/s1. The highest BCUT2D eigenvalue weighted by atomic mass is 32.2. The molecule has 6 aromatic rings. The molecule has 0 spiro atoms. The van der Waals surface area contributed by atoms with Crippen LogP contribution < -0.4 is 21.3 Å². The topological polar surface area (TPSA) is 225 Å². The second-order valence-electron chi connectivity index (χ2n) is 26.2. The first-order valence-corrected chi connectivity index (χ1v) is 34.2. The van der Waals surface area contributed by atoms with Crippen molar-refractivity contribution in [2.45, 2.75) is 177 Å². The number of rotatable bonds is 25. The van der Waals surface area contributed by atoms with Crippen LogP contribution in [0.5, 0.6) is 0 Å². The molecule has 6 aromatic carbocycles. The lowest BCUT2D eigenvalue weighted by Gasteiger charge is -2.37. The first-order chi connectivity index (χ1) is 40.9. The minimum atomic E-state index is -3.86. The zero-order chi connectivity index (χ0) is 61.8. The molecule has 0 aliphatic heterocycles. The van der Waals surface area contributed by atoms with E-state index in [0.717, 1.165) is 82.3 Å². The van der Waals surface area contributed by atoms with Crippen molar-refractivity contribution in [3.8, 4) is 0 Å². The van der Waals surface area contributed by atoms with Crippen molar-refractivity contribution in [2.24, 2.45) is 23.7 Å². The second-order valence-corrected chi connectivity index (χ2v) is 31.8. The Morgan fingerprint density at radius 1 is 0.419 bits per heavy atom. The van der Waals surface area contributed by atoms with E-state index in [1.807, 2.05) is 146 Å². The fraction of sp³-hybridized carbons (Fsp3) is 0.486. The van der Waals surface area contributed by atoms with E-state index in [9.17, 15) is 36.6 Å². The fourth-order valence-corrected chi connectivity index (χ4v) is 15.1. The van der Waals surface area contributed by atoms with Gasteiger partial charge in [0.15, 0.2) is 19.7 Å². The Morgan fingerprint density at radius 2 is 0.744 bits per heavy atom. The molecule has 86 heavy (non-hydrogen) atoms. The molecule has 14 nitrogen and oxygen atoms in total. The number of aliphatic hydroxyl groups excluding tert-OH is 2. The minimum Gasteiger partial charge on any atom is -0.388 e. The van der Waals surface area contributed by atoms with Gasteiger partial charge in [0.2, 0.25) is 23.6 Å². The lowest BCUT2D eigenvalue weighted by Crippen LogP contribution is -2.62. The molecule has 4 amide bonds. The molecule has 0 aromatic heterocycles. The zero-order valence-corrected chi connectivity index (χ0v) is 52.6. The van der Waals surface area contributed by atoms with E-state index in [1.54, 1.807) is 41.5 Å². The van der Waals surface area contributed by atoms with Crippen LogP contribution in [0.15, 0.2) is 146 Å². The van der Waals surface area contributed by atoms with Gasteiger partial charge in [-0.1, -0.05) is 184 Å². The molecule has 0 bridgehead atoms. The van der Waals surface area contributed by atoms with Gasteiger partial charge in [-0.25, -0.2) is 16.8 Å². The summed E-state index contributed by atoms with van der Waals surface area (Å²) in [6, 6.07) is 40.6. The first kappa shape index (κ1) is 65.5. The molecule has 2 saturated carbocycles. The summed E-state index contributed by atoms with van der Waals surface area (Å²) >= 11 is 0. The van der Waals surface area contributed by atoms with Crippen LogP contribution in [0.3, 0.4) is 0 Å². The number of hydrogen-bond acceptors (Lipinski definition) is 10. The highest BCUT2D eigenvalue weighted by Crippen LogP contribution is 2.32. The van der Waals surface area contributed by atoms with Crippen LogP contribution in [-0.4, -0.2) is 108 Å². The Hall–Kier alpha value is -6.46. The number of aliphatic hydroxyl groups is 2. The third-order valence-electron chi connectivity index (χ3n) is 18.0. The van der Waals surface area contributed by atoms with Crippen molar-refractivity contribution in [1.29, 1.82) is 0 Å². The van der Waals surface area contributed by atoms with E-state index in [0.29, 0.717) is 25.7 Å². The summed E-state index contributed by atoms with van der Waals surface area (Å²) in [7, 11) is -7.72. The van der Waals surface area contributed by atoms with Gasteiger partial charge in [-0.15, -0.1) is 0 Å². The molecule has 2 fully saturated rings. The number of hydrogen-bond donors (Lipinski definition) is 6. The van der Waals surface area contributed by atoms with Gasteiger partial charge in [0.1, 0.15) is 24.3 Å². The molecule has 2 aliphatic carbocycles. The largest absolute Gasteiger partial charge is 0.388 e. The molecule has 0 heterocycles. The SMILES string of the molecule is CC(C)(C)S(=O)(=O)C[C@@H](Cc1cccc2ccccc12)C(=O)N[C@H](C(=O)N[C@@H](Cc1ccccc1)[C@@H](O)[C@H](O)[C@H](Cc1ccccc1)NC(=O)[C@@H](NC(=O)[C@H](Cc1cccc2ccccc12)CS(=O)(=O)C(C)(C)C)C1CCCCC1)C1CCCCC1. The summed E-state index contributed by atoms with van der Waals surface area (Å²) in [6.07, 6.45) is 4.34. The monoisotopic (exact) mass is 1210 g/mol. The van der Waals surface area contributed by atoms with Crippen LogP contribution in [0.4, 0.5) is 0 Å². The van der Waals surface area contributed by atoms with Crippen LogP contribution >= 0.6 is 0 Å². The van der Waals surface area contributed by atoms with Crippen LogP contribution in [0.25, 0.3) is 21.5 Å². The summed E-state index contributed by atoms with van der Waals surface area (Å²) in [5.74, 6) is -6.11. The molecule has 0 unspecified atom stereocenters. The lowest BCUT2D eigenvalue weighted by molar-refractivity contribution is -0.135. The summed E-state index contributed by atoms with van der Waals surface area (Å²) < 4.78 is 53.8. The maximum Gasteiger partial charge on any atom is 0.243 e. The Labute approximate surface area is 510 Å². The predicted molar refractivity (Wildman–Crippen MR) is 343 cm³/mol. The molecule has 8 atom stereocenters. The smallest absolute Gasteiger partial charge is 0.243 e. The van der Waals surface area contributed by atoms with Crippen molar-refractivity contribution >= 4 is 64.8 Å². The second kappa shape index (κ2) is 29.0. The van der Waals surface area contributed by atoms with Crippen LogP contribution in [-0.2, 0) is 64.5 Å². The fourth-order valence-electron chi connectivity index (χ4n) is 12.5. The van der Waals surface area contributed by atoms with Crippen molar-refractivity contribution in [3.05, 3.63) is 168 Å². The van der Waals surface area contributed by atoms with Gasteiger partial charge in [0.05, 0.1) is 44.9 Å². The van der Waals surface area contributed by atoms with Gasteiger partial charge in [0, 0.05) is 0 Å². The summed E-state index contributed by atoms with van der Waals surface area (Å²) in [6.45, 7) is 9.66. The first-order valence-electron chi connectivity index (χ1n) is 30.9. The average molecular weight is 1210 g/mol. The van der Waals surface area contributed by atoms with Gasteiger partial charge < -0.3 is 31.5 Å².